The predicted molar refractivity (Wildman–Crippen MR) is 75.0 cm³/mol. The van der Waals surface area contributed by atoms with Crippen LogP contribution in [0.5, 0.6) is 0 Å². The van der Waals surface area contributed by atoms with Gasteiger partial charge in [-0.05, 0) is 19.8 Å². The molecule has 3 N–H and O–H groups in total. The highest BCUT2D eigenvalue weighted by molar-refractivity contribution is 5.57. The third kappa shape index (κ3) is 4.14. The van der Waals surface area contributed by atoms with E-state index in [4.69, 9.17) is 0 Å². The molecule has 0 fully saturated rings. The van der Waals surface area contributed by atoms with Crippen LogP contribution in [-0.4, -0.2) is 34.3 Å². The summed E-state index contributed by atoms with van der Waals surface area (Å²) in [6.45, 7) is 7.50. The summed E-state index contributed by atoms with van der Waals surface area (Å²) >= 11 is 0. The average Bonchev–Trinajstić information content (AvgIpc) is 2.39. The highest BCUT2D eigenvalue weighted by Gasteiger charge is 2.11. The van der Waals surface area contributed by atoms with Crippen LogP contribution in [0.25, 0.3) is 0 Å². The zero-order chi connectivity index (χ0) is 13.4. The van der Waals surface area contributed by atoms with Gasteiger partial charge in [-0.3, -0.25) is 0 Å². The van der Waals surface area contributed by atoms with E-state index in [2.05, 4.69) is 27.5 Å². The monoisotopic (exact) mass is 252 g/mol. The maximum atomic E-state index is 9.59. The summed E-state index contributed by atoms with van der Waals surface area (Å²) in [6.07, 6.45) is 3.92. The molecule has 0 spiro atoms. The maximum absolute atomic E-state index is 9.59. The molecular weight excluding hydrogens is 228 g/mol. The summed E-state index contributed by atoms with van der Waals surface area (Å²) in [5, 5.41) is 16.0. The van der Waals surface area contributed by atoms with Gasteiger partial charge >= 0.3 is 0 Å². The summed E-state index contributed by atoms with van der Waals surface area (Å²) < 4.78 is 0. The highest BCUT2D eigenvalue weighted by atomic mass is 16.3. The van der Waals surface area contributed by atoms with Crippen molar-refractivity contribution in [2.75, 3.05) is 23.7 Å². The van der Waals surface area contributed by atoms with Crippen LogP contribution in [-0.2, 0) is 6.42 Å². The second kappa shape index (κ2) is 7.87. The van der Waals surface area contributed by atoms with Crippen LogP contribution in [0, 0.1) is 0 Å². The van der Waals surface area contributed by atoms with Crippen molar-refractivity contribution < 1.29 is 5.11 Å². The van der Waals surface area contributed by atoms with Gasteiger partial charge in [-0.15, -0.1) is 0 Å². The van der Waals surface area contributed by atoms with E-state index >= 15 is 0 Å². The summed E-state index contributed by atoms with van der Waals surface area (Å²) in [5.41, 5.74) is 1.10. The second-order valence-electron chi connectivity index (χ2n) is 4.27. The second-order valence-corrected chi connectivity index (χ2v) is 4.27. The number of hydrogen-bond donors (Lipinski definition) is 3. The summed E-state index contributed by atoms with van der Waals surface area (Å²) in [7, 11) is 0. The van der Waals surface area contributed by atoms with Crippen LogP contribution in [0.2, 0.25) is 0 Å². The maximum Gasteiger partial charge on any atom is 0.134 e. The van der Waals surface area contributed by atoms with Crippen molar-refractivity contribution in [2.45, 2.75) is 46.1 Å². The fourth-order valence-electron chi connectivity index (χ4n) is 1.73. The van der Waals surface area contributed by atoms with Gasteiger partial charge in [0.1, 0.15) is 18.0 Å². The SMILES string of the molecule is CCCc1c(NCC)ncnc1NCC(O)CC. The summed E-state index contributed by atoms with van der Waals surface area (Å²) in [6, 6.07) is 0. The smallest absolute Gasteiger partial charge is 0.134 e. The van der Waals surface area contributed by atoms with Crippen LogP contribution < -0.4 is 10.6 Å². The van der Waals surface area contributed by atoms with Gasteiger partial charge in [-0.1, -0.05) is 20.3 Å². The van der Waals surface area contributed by atoms with Crippen LogP contribution in [0.3, 0.4) is 0 Å². The zero-order valence-corrected chi connectivity index (χ0v) is 11.5. The zero-order valence-electron chi connectivity index (χ0n) is 11.5. The lowest BCUT2D eigenvalue weighted by atomic mass is 10.1. The number of aliphatic hydroxyl groups is 1. The largest absolute Gasteiger partial charge is 0.391 e. The topological polar surface area (TPSA) is 70.1 Å². The van der Waals surface area contributed by atoms with E-state index in [1.165, 1.54) is 0 Å². The van der Waals surface area contributed by atoms with Crippen molar-refractivity contribution in [2.24, 2.45) is 0 Å². The van der Waals surface area contributed by atoms with Crippen molar-refractivity contribution >= 4 is 11.6 Å². The Morgan fingerprint density at radius 2 is 1.83 bits per heavy atom. The highest BCUT2D eigenvalue weighted by Crippen LogP contribution is 2.21. The third-order valence-electron chi connectivity index (χ3n) is 2.77. The normalized spacial score (nSPS) is 12.2. The Balaban J connectivity index is 2.84. The van der Waals surface area contributed by atoms with Gasteiger partial charge in [0.15, 0.2) is 0 Å². The molecule has 0 amide bonds. The van der Waals surface area contributed by atoms with Crippen molar-refractivity contribution in [3.8, 4) is 0 Å². The van der Waals surface area contributed by atoms with Crippen LogP contribution in [0.1, 0.15) is 39.2 Å². The van der Waals surface area contributed by atoms with Gasteiger partial charge < -0.3 is 15.7 Å². The van der Waals surface area contributed by atoms with Gasteiger partial charge in [0, 0.05) is 18.7 Å². The molecule has 0 saturated carbocycles. The molecule has 0 aliphatic rings. The number of nitrogens with one attached hydrogen (secondary N) is 2. The molecule has 0 aliphatic carbocycles. The Morgan fingerprint density at radius 1 is 1.17 bits per heavy atom. The van der Waals surface area contributed by atoms with Crippen molar-refractivity contribution in [1.82, 2.24) is 9.97 Å². The van der Waals surface area contributed by atoms with Crippen molar-refractivity contribution in [3.05, 3.63) is 11.9 Å². The Kier molecular flexibility index (Phi) is 6.43. The number of nitrogens with zero attached hydrogens (tertiary/aromatic N) is 2. The van der Waals surface area contributed by atoms with Crippen molar-refractivity contribution in [3.63, 3.8) is 0 Å². The number of hydrogen-bond acceptors (Lipinski definition) is 5. The molecule has 1 heterocycles. The fraction of sp³-hybridized carbons (Fsp3) is 0.692. The molecule has 0 saturated heterocycles. The van der Waals surface area contributed by atoms with E-state index < -0.39 is 0 Å². The van der Waals surface area contributed by atoms with E-state index in [0.29, 0.717) is 6.54 Å². The average molecular weight is 252 g/mol. The van der Waals surface area contributed by atoms with E-state index in [1.807, 2.05) is 13.8 Å². The molecule has 1 unspecified atom stereocenters. The molecule has 0 radical (unpaired) electrons. The predicted octanol–water partition coefficient (Wildman–Crippen LogP) is 2.04. The Morgan fingerprint density at radius 3 is 2.39 bits per heavy atom. The third-order valence-corrected chi connectivity index (χ3v) is 2.77. The lowest BCUT2D eigenvalue weighted by Gasteiger charge is -2.16. The molecule has 1 aromatic rings. The van der Waals surface area contributed by atoms with Crippen LogP contribution in [0.4, 0.5) is 11.6 Å². The molecule has 1 rings (SSSR count). The number of rotatable bonds is 8. The molecule has 18 heavy (non-hydrogen) atoms. The standard InChI is InChI=1S/C13H24N4O/c1-4-7-11-12(14-6-3)16-9-17-13(11)15-8-10(18)5-2/h9-10,18H,4-8H2,1-3H3,(H2,14,15,16,17). The molecule has 0 bridgehead atoms. The Hall–Kier alpha value is -1.36. The Labute approximate surface area is 109 Å². The van der Waals surface area contributed by atoms with E-state index in [0.717, 1.165) is 43.0 Å². The van der Waals surface area contributed by atoms with Crippen molar-refractivity contribution in [1.29, 1.82) is 0 Å². The molecule has 5 nitrogen and oxygen atoms in total. The Bertz CT molecular complexity index is 357. The minimum absolute atomic E-state index is 0.336. The van der Waals surface area contributed by atoms with Gasteiger partial charge in [-0.25, -0.2) is 9.97 Å². The number of aliphatic hydroxyl groups excluding tert-OH is 1. The molecule has 5 heteroatoms. The molecule has 0 aromatic carbocycles. The quantitative estimate of drug-likeness (QED) is 0.660. The van der Waals surface area contributed by atoms with Crippen LogP contribution >= 0.6 is 0 Å². The van der Waals surface area contributed by atoms with Gasteiger partial charge in [0.05, 0.1) is 6.10 Å². The number of anilines is 2. The number of aromatic nitrogens is 2. The first-order chi connectivity index (χ1) is 8.72. The lowest BCUT2D eigenvalue weighted by molar-refractivity contribution is 0.183. The minimum atomic E-state index is -0.336. The van der Waals surface area contributed by atoms with Gasteiger partial charge in [0.2, 0.25) is 0 Å². The molecule has 0 aliphatic heterocycles. The van der Waals surface area contributed by atoms with E-state index in [1.54, 1.807) is 6.33 Å². The first-order valence-corrected chi connectivity index (χ1v) is 6.72. The van der Waals surface area contributed by atoms with Crippen LogP contribution in [0.15, 0.2) is 6.33 Å². The summed E-state index contributed by atoms with van der Waals surface area (Å²) in [4.78, 5) is 8.54. The van der Waals surface area contributed by atoms with E-state index in [-0.39, 0.29) is 6.10 Å². The molecule has 1 atom stereocenters. The van der Waals surface area contributed by atoms with Gasteiger partial charge in [0.25, 0.3) is 0 Å². The first-order valence-electron chi connectivity index (χ1n) is 6.72. The molecule has 102 valence electrons. The first kappa shape index (κ1) is 14.7. The lowest BCUT2D eigenvalue weighted by Crippen LogP contribution is -2.20. The molecular formula is C13H24N4O. The summed E-state index contributed by atoms with van der Waals surface area (Å²) in [5.74, 6) is 1.72. The van der Waals surface area contributed by atoms with E-state index in [9.17, 15) is 5.11 Å². The minimum Gasteiger partial charge on any atom is -0.391 e. The molecule has 1 aromatic heterocycles. The fourth-order valence-corrected chi connectivity index (χ4v) is 1.73. The van der Waals surface area contributed by atoms with Gasteiger partial charge in [-0.2, -0.15) is 0 Å².